The van der Waals surface area contributed by atoms with Crippen LogP contribution in [0.15, 0.2) is 9.59 Å². The van der Waals surface area contributed by atoms with Gasteiger partial charge in [-0.1, -0.05) is 26.2 Å². The minimum atomic E-state index is -0.375. The van der Waals surface area contributed by atoms with E-state index in [2.05, 4.69) is 15.0 Å². The first-order valence-electron chi connectivity index (χ1n) is 6.90. The molecule has 0 aliphatic heterocycles. The summed E-state index contributed by atoms with van der Waals surface area (Å²) in [6, 6.07) is 0. The van der Waals surface area contributed by atoms with Gasteiger partial charge in [-0.2, -0.15) is 0 Å². The van der Waals surface area contributed by atoms with Gasteiger partial charge in [0.05, 0.1) is 0 Å². The molecule has 0 unspecified atom stereocenters. The van der Waals surface area contributed by atoms with E-state index in [0.717, 1.165) is 18.7 Å². The Hall–Kier alpha value is -1.85. The molecule has 2 aromatic rings. The third-order valence-electron chi connectivity index (χ3n) is 3.84. The summed E-state index contributed by atoms with van der Waals surface area (Å²) in [5.74, 6) is 1.49. The maximum atomic E-state index is 11.8. The maximum absolute atomic E-state index is 11.8. The summed E-state index contributed by atoms with van der Waals surface area (Å²) in [7, 11) is 0. The van der Waals surface area contributed by atoms with Crippen LogP contribution in [0.1, 0.15) is 38.4 Å². The van der Waals surface area contributed by atoms with Crippen LogP contribution in [0.4, 0.5) is 0 Å². The number of nitrogens with one attached hydrogen (secondary N) is 2. The van der Waals surface area contributed by atoms with E-state index < -0.39 is 0 Å². The third-order valence-corrected chi connectivity index (χ3v) is 3.84. The fourth-order valence-corrected chi connectivity index (χ4v) is 2.59. The molecule has 6 heteroatoms. The number of aryl methyl sites for hydroxylation is 1. The summed E-state index contributed by atoms with van der Waals surface area (Å²) in [6.45, 7) is 2.56. The van der Waals surface area contributed by atoms with Gasteiger partial charge in [0, 0.05) is 13.0 Å². The number of imidazole rings is 1. The molecule has 2 heterocycles. The molecule has 0 atom stereocenters. The van der Waals surface area contributed by atoms with Crippen LogP contribution in [-0.4, -0.2) is 19.5 Å². The highest BCUT2D eigenvalue weighted by Gasteiger charge is 2.20. The summed E-state index contributed by atoms with van der Waals surface area (Å²) >= 11 is 0. The van der Waals surface area contributed by atoms with Crippen molar-refractivity contribution in [2.75, 3.05) is 0 Å². The van der Waals surface area contributed by atoms with Gasteiger partial charge in [-0.25, -0.2) is 9.78 Å². The zero-order valence-corrected chi connectivity index (χ0v) is 11.0. The zero-order valence-electron chi connectivity index (χ0n) is 11.0. The second-order valence-corrected chi connectivity index (χ2v) is 5.29. The average molecular weight is 262 g/mol. The lowest BCUT2D eigenvalue weighted by molar-refractivity contribution is 0.310. The van der Waals surface area contributed by atoms with E-state index in [0.29, 0.717) is 23.6 Å². The molecular formula is C13H18N4O2. The number of hydrogen-bond acceptors (Lipinski definition) is 3. The van der Waals surface area contributed by atoms with Gasteiger partial charge in [0.2, 0.25) is 0 Å². The fourth-order valence-electron chi connectivity index (χ4n) is 2.59. The molecule has 1 fully saturated rings. The second kappa shape index (κ2) is 4.68. The van der Waals surface area contributed by atoms with Crippen LogP contribution >= 0.6 is 0 Å². The van der Waals surface area contributed by atoms with E-state index in [1.165, 1.54) is 23.8 Å². The van der Waals surface area contributed by atoms with Gasteiger partial charge >= 0.3 is 5.69 Å². The van der Waals surface area contributed by atoms with Gasteiger partial charge in [-0.3, -0.25) is 14.3 Å². The van der Waals surface area contributed by atoms with Crippen molar-refractivity contribution in [2.24, 2.45) is 5.92 Å². The van der Waals surface area contributed by atoms with Crippen LogP contribution < -0.4 is 11.2 Å². The van der Waals surface area contributed by atoms with E-state index in [-0.39, 0.29) is 11.2 Å². The van der Waals surface area contributed by atoms with Crippen molar-refractivity contribution < 1.29 is 0 Å². The van der Waals surface area contributed by atoms with Crippen molar-refractivity contribution in [3.05, 3.63) is 26.7 Å². The lowest BCUT2D eigenvalue weighted by Gasteiger charge is -2.23. The van der Waals surface area contributed by atoms with E-state index in [1.807, 2.05) is 6.92 Å². The van der Waals surface area contributed by atoms with Crippen LogP contribution in [0, 0.1) is 5.92 Å². The van der Waals surface area contributed by atoms with Crippen molar-refractivity contribution in [2.45, 2.75) is 45.6 Å². The van der Waals surface area contributed by atoms with E-state index >= 15 is 0 Å². The van der Waals surface area contributed by atoms with Crippen molar-refractivity contribution in [1.82, 2.24) is 19.5 Å². The highest BCUT2D eigenvalue weighted by molar-refractivity contribution is 5.69. The zero-order chi connectivity index (χ0) is 13.4. The van der Waals surface area contributed by atoms with E-state index in [1.54, 1.807) is 0 Å². The van der Waals surface area contributed by atoms with Gasteiger partial charge in [-0.15, -0.1) is 0 Å². The number of aromatic nitrogens is 4. The minimum absolute atomic E-state index is 0.374. The molecule has 0 bridgehead atoms. The van der Waals surface area contributed by atoms with Crippen LogP contribution in [0.3, 0.4) is 0 Å². The molecule has 102 valence electrons. The van der Waals surface area contributed by atoms with Crippen molar-refractivity contribution in [1.29, 1.82) is 0 Å². The summed E-state index contributed by atoms with van der Waals surface area (Å²) in [4.78, 5) is 33.5. The predicted molar refractivity (Wildman–Crippen MR) is 72.3 cm³/mol. The Balaban J connectivity index is 2.08. The molecule has 19 heavy (non-hydrogen) atoms. The van der Waals surface area contributed by atoms with Gasteiger partial charge in [-0.05, 0) is 12.3 Å². The molecule has 0 amide bonds. The lowest BCUT2D eigenvalue weighted by Crippen LogP contribution is -2.30. The molecule has 1 aliphatic carbocycles. The van der Waals surface area contributed by atoms with Crippen molar-refractivity contribution in [3.63, 3.8) is 0 Å². The molecule has 1 aliphatic rings. The summed E-state index contributed by atoms with van der Waals surface area (Å²) in [5.41, 5.74) is 0.160. The number of nitrogens with zero attached hydrogens (tertiary/aromatic N) is 2. The molecule has 0 spiro atoms. The van der Waals surface area contributed by atoms with Crippen LogP contribution in [-0.2, 0) is 13.0 Å². The topological polar surface area (TPSA) is 83.5 Å². The molecule has 6 nitrogen and oxygen atoms in total. The number of rotatable bonds is 4. The Morgan fingerprint density at radius 1 is 1.32 bits per heavy atom. The number of hydrogen-bond donors (Lipinski definition) is 2. The van der Waals surface area contributed by atoms with Crippen LogP contribution in [0.2, 0.25) is 0 Å². The number of H-pyrrole nitrogens is 2. The molecule has 2 N–H and O–H groups in total. The Morgan fingerprint density at radius 2 is 2.11 bits per heavy atom. The largest absolute Gasteiger partial charge is 0.336 e. The predicted octanol–water partition coefficient (Wildman–Crippen LogP) is 1.17. The Labute approximate surface area is 109 Å². The van der Waals surface area contributed by atoms with Gasteiger partial charge < -0.3 is 4.98 Å². The molecule has 2 aromatic heterocycles. The molecule has 0 radical (unpaired) electrons. The first kappa shape index (κ1) is 12.2. The van der Waals surface area contributed by atoms with Crippen LogP contribution in [0.25, 0.3) is 11.2 Å². The number of aromatic amines is 2. The molecule has 0 saturated heterocycles. The van der Waals surface area contributed by atoms with Crippen molar-refractivity contribution in [3.8, 4) is 0 Å². The first-order chi connectivity index (χ1) is 9.19. The molecular weight excluding hydrogens is 244 g/mol. The smallest absolute Gasteiger partial charge is 0.330 e. The minimum Gasteiger partial charge on any atom is -0.336 e. The maximum Gasteiger partial charge on any atom is 0.330 e. The molecule has 3 rings (SSSR count). The highest BCUT2D eigenvalue weighted by Crippen LogP contribution is 2.29. The summed E-state index contributed by atoms with van der Waals surface area (Å²) in [5, 5.41) is 0. The Morgan fingerprint density at radius 3 is 2.74 bits per heavy atom. The Kier molecular flexibility index (Phi) is 3.00. The molecule has 0 aromatic carbocycles. The third kappa shape index (κ3) is 2.11. The summed E-state index contributed by atoms with van der Waals surface area (Å²) < 4.78 is 1.54. The SMILES string of the molecule is CCCn1c(=O)[nH]c(=O)c2[nH]c(CC3CCC3)nc21. The quantitative estimate of drug-likeness (QED) is 0.867. The molecule has 1 saturated carbocycles. The van der Waals surface area contributed by atoms with Crippen molar-refractivity contribution >= 4 is 11.2 Å². The van der Waals surface area contributed by atoms with Gasteiger partial charge in [0.25, 0.3) is 5.56 Å². The van der Waals surface area contributed by atoms with E-state index in [9.17, 15) is 9.59 Å². The van der Waals surface area contributed by atoms with Gasteiger partial charge in [0.15, 0.2) is 5.65 Å². The van der Waals surface area contributed by atoms with Crippen LogP contribution in [0.5, 0.6) is 0 Å². The normalized spacial score (nSPS) is 15.8. The first-order valence-corrected chi connectivity index (χ1v) is 6.90. The Bertz CT molecular complexity index is 705. The fraction of sp³-hybridized carbons (Fsp3) is 0.615. The monoisotopic (exact) mass is 262 g/mol. The lowest BCUT2D eigenvalue weighted by atomic mass is 9.83. The average Bonchev–Trinajstić information content (AvgIpc) is 2.74. The van der Waals surface area contributed by atoms with Gasteiger partial charge in [0.1, 0.15) is 11.3 Å². The highest BCUT2D eigenvalue weighted by atomic mass is 16.2. The van der Waals surface area contributed by atoms with E-state index in [4.69, 9.17) is 0 Å². The summed E-state index contributed by atoms with van der Waals surface area (Å²) in [6.07, 6.45) is 5.44. The second-order valence-electron chi connectivity index (χ2n) is 5.29. The standard InChI is InChI=1S/C13H18N4O2/c1-2-6-17-11-10(12(18)16-13(17)19)14-9(15-11)7-8-4-3-5-8/h8H,2-7H2,1H3,(H,14,15)(H,16,18,19). The number of fused-ring (bicyclic) bond motifs is 1.